The normalized spacial score (nSPS) is 25.6. The quantitative estimate of drug-likeness (QED) is 0.843. The first-order valence-electron chi connectivity index (χ1n) is 7.47. The largest absolute Gasteiger partial charge is 0.399 e. The van der Waals surface area contributed by atoms with Crippen LogP contribution in [0.4, 0.5) is 11.4 Å². The van der Waals surface area contributed by atoms with E-state index >= 15 is 0 Å². The van der Waals surface area contributed by atoms with Gasteiger partial charge in [0, 0.05) is 24.0 Å². The number of nitrogen functional groups attached to an aromatic ring is 1. The zero-order valence-electron chi connectivity index (χ0n) is 12.0. The highest BCUT2D eigenvalue weighted by Crippen LogP contribution is 2.34. The molecule has 1 aromatic carbocycles. The SMILES string of the molecule is CC1Cc2cc(N)ccc2N1C(=O)CC1CCCCO1. The lowest BCUT2D eigenvalue weighted by molar-refractivity contribution is -0.122. The number of anilines is 2. The van der Waals surface area contributed by atoms with Crippen LogP contribution < -0.4 is 10.6 Å². The minimum absolute atomic E-state index is 0.0984. The Morgan fingerprint density at radius 1 is 1.45 bits per heavy atom. The maximum Gasteiger partial charge on any atom is 0.229 e. The molecule has 1 fully saturated rings. The number of benzene rings is 1. The monoisotopic (exact) mass is 274 g/mol. The summed E-state index contributed by atoms with van der Waals surface area (Å²) >= 11 is 0. The van der Waals surface area contributed by atoms with E-state index in [2.05, 4.69) is 6.92 Å². The van der Waals surface area contributed by atoms with Crippen molar-refractivity contribution in [2.75, 3.05) is 17.2 Å². The van der Waals surface area contributed by atoms with Gasteiger partial charge in [-0.2, -0.15) is 0 Å². The molecule has 2 atom stereocenters. The van der Waals surface area contributed by atoms with E-state index in [0.717, 1.165) is 37.2 Å². The van der Waals surface area contributed by atoms with Gasteiger partial charge < -0.3 is 15.4 Å². The molecular weight excluding hydrogens is 252 g/mol. The fourth-order valence-corrected chi connectivity index (χ4v) is 3.29. The second-order valence-electron chi connectivity index (χ2n) is 5.90. The number of rotatable bonds is 2. The molecule has 0 bridgehead atoms. The van der Waals surface area contributed by atoms with Crippen molar-refractivity contribution >= 4 is 17.3 Å². The second-order valence-corrected chi connectivity index (χ2v) is 5.90. The number of carbonyl (C=O) groups excluding carboxylic acids is 1. The highest BCUT2D eigenvalue weighted by atomic mass is 16.5. The Kier molecular flexibility index (Phi) is 3.66. The van der Waals surface area contributed by atoms with Gasteiger partial charge >= 0.3 is 0 Å². The van der Waals surface area contributed by atoms with Gasteiger partial charge in [-0.1, -0.05) is 0 Å². The van der Waals surface area contributed by atoms with Crippen molar-refractivity contribution in [2.24, 2.45) is 0 Å². The lowest BCUT2D eigenvalue weighted by Gasteiger charge is -2.27. The molecule has 1 aromatic rings. The van der Waals surface area contributed by atoms with Gasteiger partial charge in [0.15, 0.2) is 0 Å². The summed E-state index contributed by atoms with van der Waals surface area (Å²) < 4.78 is 5.68. The number of ether oxygens (including phenoxy) is 1. The summed E-state index contributed by atoms with van der Waals surface area (Å²) in [6.07, 6.45) is 4.77. The van der Waals surface area contributed by atoms with Crippen molar-refractivity contribution < 1.29 is 9.53 Å². The molecule has 2 unspecified atom stereocenters. The first-order chi connectivity index (χ1) is 9.65. The van der Waals surface area contributed by atoms with Crippen LogP contribution in [0.25, 0.3) is 0 Å². The van der Waals surface area contributed by atoms with Crippen LogP contribution >= 0.6 is 0 Å². The van der Waals surface area contributed by atoms with Crippen molar-refractivity contribution in [2.45, 2.75) is 51.2 Å². The number of hydrogen-bond donors (Lipinski definition) is 1. The molecular formula is C16H22N2O2. The van der Waals surface area contributed by atoms with E-state index in [0.29, 0.717) is 6.42 Å². The summed E-state index contributed by atoms with van der Waals surface area (Å²) in [6, 6.07) is 6.03. The van der Waals surface area contributed by atoms with Crippen molar-refractivity contribution in [3.8, 4) is 0 Å². The van der Waals surface area contributed by atoms with Gasteiger partial charge in [0.1, 0.15) is 0 Å². The predicted molar refractivity (Wildman–Crippen MR) is 79.7 cm³/mol. The Morgan fingerprint density at radius 3 is 3.05 bits per heavy atom. The summed E-state index contributed by atoms with van der Waals surface area (Å²) in [4.78, 5) is 14.5. The fraction of sp³-hybridized carbons (Fsp3) is 0.562. The molecule has 4 nitrogen and oxygen atoms in total. The molecule has 20 heavy (non-hydrogen) atoms. The van der Waals surface area contributed by atoms with Crippen LogP contribution in [0.15, 0.2) is 18.2 Å². The maximum absolute atomic E-state index is 12.6. The Morgan fingerprint density at radius 2 is 2.30 bits per heavy atom. The first-order valence-corrected chi connectivity index (χ1v) is 7.47. The average molecular weight is 274 g/mol. The lowest BCUT2D eigenvalue weighted by Crippen LogP contribution is -2.38. The predicted octanol–water partition coefficient (Wildman–Crippen LogP) is 2.51. The van der Waals surface area contributed by atoms with E-state index < -0.39 is 0 Å². The summed E-state index contributed by atoms with van der Waals surface area (Å²) in [5, 5.41) is 0. The van der Waals surface area contributed by atoms with Gasteiger partial charge in [-0.3, -0.25) is 4.79 Å². The molecule has 108 valence electrons. The minimum atomic E-state index is 0.0984. The average Bonchev–Trinajstić information content (AvgIpc) is 2.74. The Balaban J connectivity index is 1.75. The molecule has 2 N–H and O–H groups in total. The van der Waals surface area contributed by atoms with E-state index in [1.165, 1.54) is 12.0 Å². The molecule has 2 aliphatic rings. The number of amides is 1. The third kappa shape index (κ3) is 2.52. The highest BCUT2D eigenvalue weighted by Gasteiger charge is 2.32. The molecule has 3 rings (SSSR count). The molecule has 4 heteroatoms. The summed E-state index contributed by atoms with van der Waals surface area (Å²) in [6.45, 7) is 2.89. The van der Waals surface area contributed by atoms with Gasteiger partial charge in [0.2, 0.25) is 5.91 Å². The maximum atomic E-state index is 12.6. The van der Waals surface area contributed by atoms with E-state index in [-0.39, 0.29) is 18.1 Å². The molecule has 2 heterocycles. The zero-order chi connectivity index (χ0) is 14.1. The highest BCUT2D eigenvalue weighted by molar-refractivity contribution is 5.96. The molecule has 0 aliphatic carbocycles. The fourth-order valence-electron chi connectivity index (χ4n) is 3.29. The van der Waals surface area contributed by atoms with Crippen molar-refractivity contribution in [1.29, 1.82) is 0 Å². The van der Waals surface area contributed by atoms with Crippen molar-refractivity contribution in [3.63, 3.8) is 0 Å². The van der Waals surface area contributed by atoms with E-state index in [9.17, 15) is 4.79 Å². The van der Waals surface area contributed by atoms with E-state index in [1.807, 2.05) is 23.1 Å². The molecule has 0 radical (unpaired) electrons. The summed E-state index contributed by atoms with van der Waals surface area (Å²) in [5.41, 5.74) is 8.79. The van der Waals surface area contributed by atoms with Gasteiger partial charge in [-0.15, -0.1) is 0 Å². The summed E-state index contributed by atoms with van der Waals surface area (Å²) in [5.74, 6) is 0.174. The lowest BCUT2D eigenvalue weighted by atomic mass is 10.1. The number of fused-ring (bicyclic) bond motifs is 1. The van der Waals surface area contributed by atoms with Gasteiger partial charge in [-0.25, -0.2) is 0 Å². The molecule has 0 aromatic heterocycles. The Bertz CT molecular complexity index is 509. The van der Waals surface area contributed by atoms with Crippen LogP contribution in [-0.2, 0) is 16.0 Å². The molecule has 0 saturated carbocycles. The van der Waals surface area contributed by atoms with Gasteiger partial charge in [0.25, 0.3) is 0 Å². The van der Waals surface area contributed by atoms with E-state index in [1.54, 1.807) is 0 Å². The van der Waals surface area contributed by atoms with E-state index in [4.69, 9.17) is 10.5 Å². The topological polar surface area (TPSA) is 55.6 Å². The standard InChI is InChI=1S/C16H22N2O2/c1-11-8-12-9-13(17)5-6-15(12)18(11)16(19)10-14-4-2-3-7-20-14/h5-6,9,11,14H,2-4,7-8,10,17H2,1H3. The third-order valence-electron chi connectivity index (χ3n) is 4.26. The van der Waals surface area contributed by atoms with Crippen LogP contribution in [0.2, 0.25) is 0 Å². The minimum Gasteiger partial charge on any atom is -0.399 e. The summed E-state index contributed by atoms with van der Waals surface area (Å²) in [7, 11) is 0. The molecule has 1 amide bonds. The molecule has 2 aliphatic heterocycles. The number of hydrogen-bond acceptors (Lipinski definition) is 3. The second kappa shape index (κ2) is 5.44. The Hall–Kier alpha value is -1.55. The number of nitrogens with zero attached hydrogens (tertiary/aromatic N) is 1. The molecule has 1 saturated heterocycles. The van der Waals surface area contributed by atoms with Crippen LogP contribution in [0.5, 0.6) is 0 Å². The van der Waals surface area contributed by atoms with Gasteiger partial charge in [-0.05, 0) is 56.4 Å². The van der Waals surface area contributed by atoms with Crippen LogP contribution in [0, 0.1) is 0 Å². The smallest absolute Gasteiger partial charge is 0.229 e. The van der Waals surface area contributed by atoms with Crippen molar-refractivity contribution in [1.82, 2.24) is 0 Å². The number of carbonyl (C=O) groups is 1. The zero-order valence-corrected chi connectivity index (χ0v) is 12.0. The van der Waals surface area contributed by atoms with Crippen LogP contribution in [0.1, 0.15) is 38.2 Å². The molecule has 0 spiro atoms. The number of nitrogens with two attached hydrogens (primary N) is 1. The van der Waals surface area contributed by atoms with Crippen molar-refractivity contribution in [3.05, 3.63) is 23.8 Å². The Labute approximate surface area is 119 Å². The van der Waals surface area contributed by atoms with Gasteiger partial charge in [0.05, 0.1) is 12.5 Å². The van der Waals surface area contributed by atoms with Crippen LogP contribution in [0.3, 0.4) is 0 Å². The van der Waals surface area contributed by atoms with Crippen LogP contribution in [-0.4, -0.2) is 24.7 Å². The third-order valence-corrected chi connectivity index (χ3v) is 4.26. The first kappa shape index (κ1) is 13.4.